The maximum absolute atomic E-state index is 14.8. The minimum absolute atomic E-state index is 0.0110. The molecule has 0 bridgehead atoms. The first-order chi connectivity index (χ1) is 23.4. The number of amides is 2. The fourth-order valence-corrected chi connectivity index (χ4v) is 8.24. The van der Waals surface area contributed by atoms with E-state index in [1.165, 1.54) is 23.1 Å². The predicted molar refractivity (Wildman–Crippen MR) is 198 cm³/mol. The van der Waals surface area contributed by atoms with Crippen LogP contribution in [0.5, 0.6) is 0 Å². The molecular weight excluding hydrogens is 701 g/mol. The van der Waals surface area contributed by atoms with Gasteiger partial charge < -0.3 is 10.2 Å². The van der Waals surface area contributed by atoms with Gasteiger partial charge in [0, 0.05) is 34.1 Å². The molecule has 49 heavy (non-hydrogen) atoms. The Labute approximate surface area is 304 Å². The van der Waals surface area contributed by atoms with Crippen LogP contribution in [-0.2, 0) is 32.6 Å². The Balaban J connectivity index is 1.60. The second-order valence-corrected chi connectivity index (χ2v) is 15.7. The molecule has 1 N–H and O–H groups in total. The van der Waals surface area contributed by atoms with Crippen LogP contribution in [0.2, 0.25) is 15.1 Å². The van der Waals surface area contributed by atoms with Crippen molar-refractivity contribution in [2.45, 2.75) is 75.9 Å². The van der Waals surface area contributed by atoms with E-state index in [-0.39, 0.29) is 35.5 Å². The van der Waals surface area contributed by atoms with Crippen LogP contribution in [0.25, 0.3) is 0 Å². The number of hydrogen-bond donors (Lipinski definition) is 1. The molecule has 0 saturated heterocycles. The summed E-state index contributed by atoms with van der Waals surface area (Å²) in [6.45, 7) is 2.97. The lowest BCUT2D eigenvalue weighted by Gasteiger charge is -2.35. The van der Waals surface area contributed by atoms with E-state index in [0.29, 0.717) is 26.2 Å². The highest BCUT2D eigenvalue weighted by molar-refractivity contribution is 7.92. The molecule has 0 radical (unpaired) electrons. The van der Waals surface area contributed by atoms with E-state index in [9.17, 15) is 18.0 Å². The summed E-state index contributed by atoms with van der Waals surface area (Å²) in [4.78, 5) is 30.6. The average molecular weight is 741 g/mol. The highest BCUT2D eigenvalue weighted by atomic mass is 35.5. The summed E-state index contributed by atoms with van der Waals surface area (Å²) in [6.07, 6.45) is 5.07. The number of carbonyl (C=O) groups excluding carboxylic acids is 2. The molecule has 11 heteroatoms. The van der Waals surface area contributed by atoms with Crippen LogP contribution in [0, 0.1) is 13.8 Å². The van der Waals surface area contributed by atoms with Crippen molar-refractivity contribution in [1.29, 1.82) is 0 Å². The van der Waals surface area contributed by atoms with Crippen LogP contribution in [-0.4, -0.2) is 43.8 Å². The molecule has 4 aromatic rings. The van der Waals surface area contributed by atoms with Gasteiger partial charge in [-0.25, -0.2) is 8.42 Å². The third-order valence-electron chi connectivity index (χ3n) is 8.91. The van der Waals surface area contributed by atoms with E-state index in [4.69, 9.17) is 34.8 Å². The molecule has 1 atom stereocenters. The molecule has 2 amide bonds. The largest absolute Gasteiger partial charge is 0.352 e. The first-order valence-electron chi connectivity index (χ1n) is 16.4. The van der Waals surface area contributed by atoms with Crippen LogP contribution in [0.3, 0.4) is 0 Å². The van der Waals surface area contributed by atoms with Crippen LogP contribution in [0.4, 0.5) is 5.69 Å². The predicted octanol–water partition coefficient (Wildman–Crippen LogP) is 8.55. The molecule has 0 spiro atoms. The van der Waals surface area contributed by atoms with Gasteiger partial charge in [0.1, 0.15) is 12.6 Å². The monoisotopic (exact) mass is 739 g/mol. The Morgan fingerprint density at radius 3 is 2.16 bits per heavy atom. The normalized spacial score (nSPS) is 14.2. The summed E-state index contributed by atoms with van der Waals surface area (Å²) in [6, 6.07) is 24.8. The van der Waals surface area contributed by atoms with Gasteiger partial charge >= 0.3 is 0 Å². The Bertz CT molecular complexity index is 1880. The number of aryl methyl sites for hydroxylation is 2. The summed E-state index contributed by atoms with van der Waals surface area (Å²) in [5.74, 6) is -0.887. The lowest BCUT2D eigenvalue weighted by atomic mass is 9.94. The standard InChI is InChI=1S/C38H40Cl3N3O4S/c1-26-13-19-33(20-14-26)49(47,48)44(35-23-31(40)17-15-27(35)2)25-37(45)43(24-29-16-18-30(39)22-34(29)41)36(21-28-9-5-3-6-10-28)38(46)42-32-11-7-4-8-12-32/h3,5-6,9-10,13-20,22-23,32,36H,4,7-8,11-12,21,24-25H2,1-2H3,(H,42,46)/t36-/m1/s1. The van der Waals surface area contributed by atoms with Crippen LogP contribution in [0.15, 0.2) is 95.9 Å². The summed E-state index contributed by atoms with van der Waals surface area (Å²) in [5.41, 5.74) is 3.17. The van der Waals surface area contributed by atoms with Crippen LogP contribution < -0.4 is 9.62 Å². The third-order valence-corrected chi connectivity index (χ3v) is 11.5. The van der Waals surface area contributed by atoms with E-state index in [1.54, 1.807) is 49.4 Å². The second kappa shape index (κ2) is 16.4. The van der Waals surface area contributed by atoms with Crippen molar-refractivity contribution in [3.05, 3.63) is 128 Å². The van der Waals surface area contributed by atoms with Gasteiger partial charge in [0.2, 0.25) is 11.8 Å². The molecule has 0 aromatic heterocycles. The summed E-state index contributed by atoms with van der Waals surface area (Å²) in [7, 11) is -4.27. The van der Waals surface area contributed by atoms with Crippen molar-refractivity contribution in [3.63, 3.8) is 0 Å². The SMILES string of the molecule is Cc1ccc(S(=O)(=O)N(CC(=O)N(Cc2ccc(Cl)cc2Cl)[C@H](Cc2ccccc2)C(=O)NC2CCCCC2)c2cc(Cl)ccc2C)cc1. The molecule has 5 rings (SSSR count). The molecule has 258 valence electrons. The fraction of sp³-hybridized carbons (Fsp3) is 0.316. The zero-order chi connectivity index (χ0) is 35.1. The molecular formula is C38H40Cl3N3O4S. The van der Waals surface area contributed by atoms with Gasteiger partial charge in [-0.1, -0.05) is 114 Å². The quantitative estimate of drug-likeness (QED) is 0.158. The minimum Gasteiger partial charge on any atom is -0.352 e. The number of anilines is 1. The molecule has 7 nitrogen and oxygen atoms in total. The first kappa shape index (κ1) is 36.7. The maximum atomic E-state index is 14.8. The molecule has 1 fully saturated rings. The van der Waals surface area contributed by atoms with E-state index >= 15 is 0 Å². The molecule has 0 heterocycles. The Morgan fingerprint density at radius 2 is 1.49 bits per heavy atom. The molecule has 0 aliphatic heterocycles. The number of hydrogen-bond acceptors (Lipinski definition) is 4. The number of benzene rings is 4. The molecule has 4 aromatic carbocycles. The average Bonchev–Trinajstić information content (AvgIpc) is 3.08. The second-order valence-electron chi connectivity index (χ2n) is 12.6. The Kier molecular flexibility index (Phi) is 12.3. The van der Waals surface area contributed by atoms with E-state index in [2.05, 4.69) is 5.32 Å². The lowest BCUT2D eigenvalue weighted by molar-refractivity contribution is -0.140. The molecule has 1 saturated carbocycles. The zero-order valence-electron chi connectivity index (χ0n) is 27.5. The van der Waals surface area contributed by atoms with Gasteiger partial charge in [-0.15, -0.1) is 0 Å². The lowest BCUT2D eigenvalue weighted by Crippen LogP contribution is -2.55. The topological polar surface area (TPSA) is 86.8 Å². The van der Waals surface area contributed by atoms with Gasteiger partial charge in [-0.3, -0.25) is 13.9 Å². The van der Waals surface area contributed by atoms with Gasteiger partial charge in [0.25, 0.3) is 10.0 Å². The van der Waals surface area contributed by atoms with Crippen molar-refractivity contribution >= 4 is 62.3 Å². The first-order valence-corrected chi connectivity index (χ1v) is 18.9. The highest BCUT2D eigenvalue weighted by Crippen LogP contribution is 2.31. The summed E-state index contributed by atoms with van der Waals surface area (Å²) >= 11 is 19.2. The minimum atomic E-state index is -4.27. The van der Waals surface area contributed by atoms with Gasteiger partial charge in [0.05, 0.1) is 10.6 Å². The summed E-state index contributed by atoms with van der Waals surface area (Å²) < 4.78 is 29.8. The number of nitrogens with zero attached hydrogens (tertiary/aromatic N) is 2. The highest BCUT2D eigenvalue weighted by Gasteiger charge is 2.36. The Hall–Kier alpha value is -3.56. The third kappa shape index (κ3) is 9.37. The van der Waals surface area contributed by atoms with Crippen molar-refractivity contribution in [3.8, 4) is 0 Å². The van der Waals surface area contributed by atoms with Gasteiger partial charge in [-0.05, 0) is 79.8 Å². The maximum Gasteiger partial charge on any atom is 0.264 e. The fourth-order valence-electron chi connectivity index (χ4n) is 6.13. The van der Waals surface area contributed by atoms with Crippen molar-refractivity contribution in [1.82, 2.24) is 10.2 Å². The number of rotatable bonds is 12. The van der Waals surface area contributed by atoms with Crippen molar-refractivity contribution in [2.75, 3.05) is 10.8 Å². The van der Waals surface area contributed by atoms with Crippen LogP contribution in [0.1, 0.15) is 54.4 Å². The van der Waals surface area contributed by atoms with Crippen LogP contribution >= 0.6 is 34.8 Å². The molecule has 1 aliphatic rings. The number of sulfonamides is 1. The number of carbonyl (C=O) groups is 2. The smallest absolute Gasteiger partial charge is 0.264 e. The number of nitrogens with one attached hydrogen (secondary N) is 1. The van der Waals surface area contributed by atoms with Gasteiger partial charge in [-0.2, -0.15) is 0 Å². The van der Waals surface area contributed by atoms with Gasteiger partial charge in [0.15, 0.2) is 0 Å². The molecule has 0 unspecified atom stereocenters. The number of halogens is 3. The Morgan fingerprint density at radius 1 is 0.837 bits per heavy atom. The van der Waals surface area contributed by atoms with E-state index in [0.717, 1.165) is 47.5 Å². The van der Waals surface area contributed by atoms with Crippen molar-refractivity contribution < 1.29 is 18.0 Å². The zero-order valence-corrected chi connectivity index (χ0v) is 30.6. The van der Waals surface area contributed by atoms with Crippen molar-refractivity contribution in [2.24, 2.45) is 0 Å². The van der Waals surface area contributed by atoms with E-state index < -0.39 is 28.5 Å². The molecule has 1 aliphatic carbocycles. The summed E-state index contributed by atoms with van der Waals surface area (Å²) in [5, 5.41) is 4.28. The van der Waals surface area contributed by atoms with E-state index in [1.807, 2.05) is 37.3 Å².